The summed E-state index contributed by atoms with van der Waals surface area (Å²) in [5.41, 5.74) is 8.52. The quantitative estimate of drug-likeness (QED) is 0.0811. The predicted octanol–water partition coefficient (Wildman–Crippen LogP) is 9.75. The van der Waals surface area contributed by atoms with Crippen molar-refractivity contribution in [3.8, 4) is 22.4 Å². The Hall–Kier alpha value is -5.44. The number of hydrogen-bond donors (Lipinski definition) is 3. The summed E-state index contributed by atoms with van der Waals surface area (Å²) in [6.07, 6.45) is 0.957. The normalized spacial score (nSPS) is 15.2. The van der Waals surface area contributed by atoms with E-state index in [9.17, 15) is 18.3 Å². The average Bonchev–Trinajstić information content (AvgIpc) is 3.58. The lowest BCUT2D eigenvalue weighted by molar-refractivity contribution is 0.0370. The van der Waals surface area contributed by atoms with Crippen molar-refractivity contribution in [3.63, 3.8) is 0 Å². The number of aryl methyl sites for hydroxylation is 1. The molecule has 0 unspecified atom stereocenters. The van der Waals surface area contributed by atoms with Crippen molar-refractivity contribution in [2.45, 2.75) is 36.1 Å². The van der Waals surface area contributed by atoms with E-state index in [4.69, 9.17) is 16.3 Å². The van der Waals surface area contributed by atoms with Crippen molar-refractivity contribution in [2.75, 3.05) is 84.6 Å². The molecule has 334 valence electrons. The number of rotatable bonds is 16. The standard InChI is InChI=1S/C50H55ClN6O5S2/c1-35-32-45(20-21-46(35)52-41(22-23-55-28-30-62-31-29-55)34-63-44-10-5-4-6-11-44)64(60,61)53-40-16-18-42(19-17-40)56-24-26-57(27-25-56)43-9-7-8-38(33-43)48-47(50(58)59)36(2)54(3)49(48)37-12-14-39(51)15-13-37/h4-21,32-33,41,52-53H,22-31,34H2,1-3H3,(H,58,59)/t41-/m1/s1. The first kappa shape index (κ1) is 45.1. The second-order valence-electron chi connectivity index (χ2n) is 16.4. The number of sulfonamides is 1. The first-order valence-electron chi connectivity index (χ1n) is 21.7. The summed E-state index contributed by atoms with van der Waals surface area (Å²) >= 11 is 8.03. The van der Waals surface area contributed by atoms with E-state index < -0.39 is 16.0 Å². The molecular weight excluding hydrogens is 864 g/mol. The van der Waals surface area contributed by atoms with E-state index in [1.54, 1.807) is 12.1 Å². The van der Waals surface area contributed by atoms with Gasteiger partial charge in [0.25, 0.3) is 10.0 Å². The van der Waals surface area contributed by atoms with E-state index in [1.165, 1.54) is 4.90 Å². The van der Waals surface area contributed by atoms with E-state index in [0.29, 0.717) is 22.0 Å². The monoisotopic (exact) mass is 918 g/mol. The van der Waals surface area contributed by atoms with Crippen LogP contribution >= 0.6 is 23.4 Å². The molecule has 11 nitrogen and oxygen atoms in total. The van der Waals surface area contributed by atoms with Crippen molar-refractivity contribution < 1.29 is 23.1 Å². The third-order valence-corrected chi connectivity index (χ3v) is 15.0. The Morgan fingerprint density at radius 2 is 1.48 bits per heavy atom. The van der Waals surface area contributed by atoms with Crippen LogP contribution < -0.4 is 19.8 Å². The van der Waals surface area contributed by atoms with Crippen LogP contribution in [0.25, 0.3) is 22.4 Å². The molecule has 1 atom stereocenters. The highest BCUT2D eigenvalue weighted by molar-refractivity contribution is 7.99. The summed E-state index contributed by atoms with van der Waals surface area (Å²) in [6, 6.07) is 39.0. The van der Waals surface area contributed by atoms with Gasteiger partial charge in [-0.2, -0.15) is 0 Å². The Balaban J connectivity index is 0.896. The van der Waals surface area contributed by atoms with Crippen LogP contribution in [0.2, 0.25) is 5.02 Å². The number of benzene rings is 5. The lowest BCUT2D eigenvalue weighted by Crippen LogP contribution is -2.46. The van der Waals surface area contributed by atoms with E-state index >= 15 is 0 Å². The zero-order valence-electron chi connectivity index (χ0n) is 36.5. The molecule has 0 aliphatic carbocycles. The van der Waals surface area contributed by atoms with E-state index in [1.807, 2.05) is 110 Å². The van der Waals surface area contributed by atoms with Crippen LogP contribution in [0.1, 0.15) is 28.0 Å². The van der Waals surface area contributed by atoms with Gasteiger partial charge in [0.15, 0.2) is 0 Å². The molecular formula is C50H55ClN6O5S2. The van der Waals surface area contributed by atoms with Gasteiger partial charge >= 0.3 is 5.97 Å². The van der Waals surface area contributed by atoms with Gasteiger partial charge in [0.1, 0.15) is 0 Å². The number of carbonyl (C=O) groups is 1. The number of nitrogens with zero attached hydrogens (tertiary/aromatic N) is 4. The summed E-state index contributed by atoms with van der Waals surface area (Å²) in [5, 5.41) is 14.7. The van der Waals surface area contributed by atoms with Gasteiger partial charge in [-0.3, -0.25) is 9.62 Å². The van der Waals surface area contributed by atoms with Gasteiger partial charge in [0, 0.05) is 109 Å². The van der Waals surface area contributed by atoms with E-state index in [0.717, 1.165) is 111 Å². The van der Waals surface area contributed by atoms with Gasteiger partial charge in [-0.05, 0) is 116 Å². The number of nitrogens with one attached hydrogen (secondary N) is 2. The topological polar surface area (TPSA) is 119 Å². The van der Waals surface area contributed by atoms with Crippen molar-refractivity contribution in [2.24, 2.45) is 7.05 Å². The Kier molecular flexibility index (Phi) is 14.2. The lowest BCUT2D eigenvalue weighted by Gasteiger charge is -2.37. The molecule has 0 radical (unpaired) electrons. The number of carboxylic acids is 1. The maximum Gasteiger partial charge on any atom is 0.338 e. The van der Waals surface area contributed by atoms with Crippen LogP contribution in [0, 0.1) is 13.8 Å². The van der Waals surface area contributed by atoms with Crippen LogP contribution in [0.3, 0.4) is 0 Å². The Morgan fingerprint density at radius 3 is 2.16 bits per heavy atom. The van der Waals surface area contributed by atoms with Gasteiger partial charge in [-0.1, -0.05) is 54.1 Å². The highest BCUT2D eigenvalue weighted by Crippen LogP contribution is 2.40. The Labute approximate surface area is 386 Å². The molecule has 6 aromatic rings. The number of ether oxygens (including phenoxy) is 1. The Bertz CT molecular complexity index is 2660. The van der Waals surface area contributed by atoms with Gasteiger partial charge in [-0.25, -0.2) is 13.2 Å². The molecule has 0 bridgehead atoms. The zero-order valence-corrected chi connectivity index (χ0v) is 38.9. The molecule has 5 aromatic carbocycles. The average molecular weight is 920 g/mol. The van der Waals surface area contributed by atoms with Gasteiger partial charge in [0.05, 0.1) is 29.4 Å². The third kappa shape index (κ3) is 10.6. The molecule has 2 aliphatic heterocycles. The molecule has 0 amide bonds. The number of carboxylic acid groups (broad SMARTS) is 1. The van der Waals surface area contributed by atoms with Crippen molar-refractivity contribution in [3.05, 3.63) is 143 Å². The molecule has 2 aliphatic rings. The van der Waals surface area contributed by atoms with Crippen LogP contribution in [-0.4, -0.2) is 99.8 Å². The SMILES string of the molecule is Cc1cc(S(=O)(=O)Nc2ccc(N3CCN(c4cccc(-c5c(C(=O)O)c(C)n(C)c5-c5ccc(Cl)cc5)c4)CC3)cc2)ccc1N[C@H](CCN1CCOCC1)CSc1ccccc1. The number of thioether (sulfide) groups is 1. The minimum atomic E-state index is -3.84. The molecule has 64 heavy (non-hydrogen) atoms. The molecule has 3 heterocycles. The summed E-state index contributed by atoms with van der Waals surface area (Å²) in [5.74, 6) is -0.0833. The Morgan fingerprint density at radius 1 is 0.797 bits per heavy atom. The smallest absolute Gasteiger partial charge is 0.338 e. The van der Waals surface area contributed by atoms with Gasteiger partial charge in [-0.15, -0.1) is 11.8 Å². The number of aromatic nitrogens is 1. The van der Waals surface area contributed by atoms with Crippen molar-refractivity contribution in [1.82, 2.24) is 9.47 Å². The number of morpholine rings is 1. The number of aromatic carboxylic acids is 1. The first-order chi connectivity index (χ1) is 30.9. The van der Waals surface area contributed by atoms with Gasteiger partial charge in [0.2, 0.25) is 0 Å². The second-order valence-corrected chi connectivity index (χ2v) is 19.6. The van der Waals surface area contributed by atoms with Crippen LogP contribution in [0.15, 0.2) is 131 Å². The van der Waals surface area contributed by atoms with Crippen LogP contribution in [0.4, 0.5) is 22.7 Å². The predicted molar refractivity (Wildman–Crippen MR) is 262 cm³/mol. The first-order valence-corrected chi connectivity index (χ1v) is 24.5. The van der Waals surface area contributed by atoms with Crippen molar-refractivity contribution in [1.29, 1.82) is 0 Å². The molecule has 2 saturated heterocycles. The largest absolute Gasteiger partial charge is 0.478 e. The number of hydrogen-bond acceptors (Lipinski definition) is 9. The summed E-state index contributed by atoms with van der Waals surface area (Å²) < 4.78 is 37.6. The van der Waals surface area contributed by atoms with Crippen molar-refractivity contribution >= 4 is 62.1 Å². The highest BCUT2D eigenvalue weighted by Gasteiger charge is 2.27. The fourth-order valence-corrected chi connectivity index (χ4v) is 10.8. The fraction of sp³-hybridized carbons (Fsp3) is 0.300. The second kappa shape index (κ2) is 20.2. The summed E-state index contributed by atoms with van der Waals surface area (Å²) in [7, 11) is -1.94. The molecule has 14 heteroatoms. The summed E-state index contributed by atoms with van der Waals surface area (Å²) in [6.45, 7) is 11.2. The van der Waals surface area contributed by atoms with E-state index in [2.05, 4.69) is 61.1 Å². The summed E-state index contributed by atoms with van der Waals surface area (Å²) in [4.78, 5) is 21.1. The zero-order chi connectivity index (χ0) is 44.8. The molecule has 1 aromatic heterocycles. The van der Waals surface area contributed by atoms with Crippen LogP contribution in [-0.2, 0) is 21.8 Å². The third-order valence-electron chi connectivity index (χ3n) is 12.2. The maximum atomic E-state index is 13.7. The molecule has 3 N–H and O–H groups in total. The van der Waals surface area contributed by atoms with Crippen LogP contribution in [0.5, 0.6) is 0 Å². The minimum Gasteiger partial charge on any atom is -0.478 e. The number of anilines is 4. The minimum absolute atomic E-state index is 0.188. The number of piperazine rings is 1. The lowest BCUT2D eigenvalue weighted by atomic mass is 9.96. The maximum absolute atomic E-state index is 13.7. The fourth-order valence-electron chi connectivity index (χ4n) is 8.59. The highest BCUT2D eigenvalue weighted by atomic mass is 35.5. The molecule has 2 fully saturated rings. The molecule has 0 spiro atoms. The molecule has 8 rings (SSSR count). The molecule has 0 saturated carbocycles. The number of halogens is 1. The van der Waals surface area contributed by atoms with E-state index in [-0.39, 0.29) is 16.5 Å². The van der Waals surface area contributed by atoms with Gasteiger partial charge < -0.3 is 29.5 Å².